The van der Waals surface area contributed by atoms with E-state index in [9.17, 15) is 14.7 Å². The van der Waals surface area contributed by atoms with Gasteiger partial charge in [-0.2, -0.15) is 0 Å². The largest absolute Gasteiger partial charge is 0.481 e. The number of carboxylic acid groups (broad SMARTS) is 1. The van der Waals surface area contributed by atoms with Crippen molar-refractivity contribution in [2.75, 3.05) is 0 Å². The lowest BCUT2D eigenvalue weighted by molar-refractivity contribution is -0.137. The summed E-state index contributed by atoms with van der Waals surface area (Å²) in [6, 6.07) is 9.88. The molecule has 1 aromatic rings. The third-order valence-electron chi connectivity index (χ3n) is 4.70. The van der Waals surface area contributed by atoms with Gasteiger partial charge in [-0.05, 0) is 18.4 Å². The summed E-state index contributed by atoms with van der Waals surface area (Å²) in [5.41, 5.74) is 1.07. The summed E-state index contributed by atoms with van der Waals surface area (Å²) in [5, 5.41) is 18.8. The number of carbonyl (C=O) groups is 2. The van der Waals surface area contributed by atoms with Gasteiger partial charge in [0.05, 0.1) is 6.10 Å². The third kappa shape index (κ3) is 5.60. The number of Topliss-reactive ketones (excluding diaryl/α,β-unsaturated/α-hetero) is 1. The van der Waals surface area contributed by atoms with E-state index in [0.29, 0.717) is 6.42 Å². The van der Waals surface area contributed by atoms with Crippen molar-refractivity contribution < 1.29 is 19.8 Å². The van der Waals surface area contributed by atoms with Crippen LogP contribution in [0.25, 0.3) is 6.08 Å². The van der Waals surface area contributed by atoms with Crippen LogP contribution in [0.4, 0.5) is 0 Å². The Hall–Kier alpha value is -1.94. The van der Waals surface area contributed by atoms with E-state index in [4.69, 9.17) is 5.11 Å². The Bertz CT molecular complexity index is 564. The standard InChI is InChI=1S/C20H26O4/c21-18-14-19(22)17(13-12-15-8-4-3-5-9-15)16(18)10-6-1-2-7-11-20(23)24/h3-5,8-9,12-13,16-17,19,22H,1-2,6-7,10-11,14H2,(H,23,24). The number of hydrogen-bond donors (Lipinski definition) is 2. The first-order valence-electron chi connectivity index (χ1n) is 8.74. The van der Waals surface area contributed by atoms with Crippen molar-refractivity contribution in [3.63, 3.8) is 0 Å². The highest BCUT2D eigenvalue weighted by Crippen LogP contribution is 2.34. The van der Waals surface area contributed by atoms with Gasteiger partial charge in [0.1, 0.15) is 5.78 Å². The van der Waals surface area contributed by atoms with Gasteiger partial charge in [-0.25, -0.2) is 0 Å². The van der Waals surface area contributed by atoms with E-state index < -0.39 is 12.1 Å². The zero-order valence-corrected chi connectivity index (χ0v) is 13.9. The van der Waals surface area contributed by atoms with E-state index >= 15 is 0 Å². The molecule has 2 N–H and O–H groups in total. The molecule has 0 aliphatic heterocycles. The lowest BCUT2D eigenvalue weighted by atomic mass is 9.88. The second-order valence-electron chi connectivity index (χ2n) is 6.54. The Balaban J connectivity index is 1.83. The van der Waals surface area contributed by atoms with E-state index in [1.54, 1.807) is 0 Å². The average Bonchev–Trinajstić information content (AvgIpc) is 2.83. The maximum atomic E-state index is 12.1. The first kappa shape index (κ1) is 18.4. The topological polar surface area (TPSA) is 74.6 Å². The minimum atomic E-state index is -0.754. The summed E-state index contributed by atoms with van der Waals surface area (Å²) in [7, 11) is 0. The van der Waals surface area contributed by atoms with Crippen LogP contribution in [0, 0.1) is 11.8 Å². The summed E-state index contributed by atoms with van der Waals surface area (Å²) < 4.78 is 0. The van der Waals surface area contributed by atoms with Gasteiger partial charge < -0.3 is 10.2 Å². The Morgan fingerprint density at radius 2 is 1.83 bits per heavy atom. The molecule has 0 bridgehead atoms. The van der Waals surface area contributed by atoms with Crippen LogP contribution in [0.2, 0.25) is 0 Å². The summed E-state index contributed by atoms with van der Waals surface area (Å²) in [4.78, 5) is 22.6. The molecular weight excluding hydrogens is 304 g/mol. The number of benzene rings is 1. The minimum Gasteiger partial charge on any atom is -0.481 e. The van der Waals surface area contributed by atoms with Crippen LogP contribution >= 0.6 is 0 Å². The normalized spacial score (nSPS) is 23.9. The molecule has 0 amide bonds. The SMILES string of the molecule is O=C(O)CCCCCCC1C(=O)CC(O)C1C=Cc1ccccc1. The number of carboxylic acids is 1. The second-order valence-corrected chi connectivity index (χ2v) is 6.54. The maximum absolute atomic E-state index is 12.1. The summed E-state index contributed by atoms with van der Waals surface area (Å²) in [5.74, 6) is -0.831. The molecule has 130 valence electrons. The molecule has 0 aromatic heterocycles. The first-order valence-corrected chi connectivity index (χ1v) is 8.74. The maximum Gasteiger partial charge on any atom is 0.303 e. The van der Waals surface area contributed by atoms with Gasteiger partial charge in [0.2, 0.25) is 0 Å². The molecule has 3 atom stereocenters. The van der Waals surface area contributed by atoms with Crippen LogP contribution in [0.15, 0.2) is 36.4 Å². The van der Waals surface area contributed by atoms with Crippen molar-refractivity contribution in [2.24, 2.45) is 11.8 Å². The molecule has 0 spiro atoms. The number of rotatable bonds is 9. The summed E-state index contributed by atoms with van der Waals surface area (Å²) in [6.07, 6.45) is 7.99. The molecular formula is C20H26O4. The van der Waals surface area contributed by atoms with Crippen molar-refractivity contribution >= 4 is 17.8 Å². The molecule has 1 aliphatic carbocycles. The number of unbranched alkanes of at least 4 members (excludes halogenated alkanes) is 3. The van der Waals surface area contributed by atoms with Gasteiger partial charge in [-0.1, -0.05) is 61.7 Å². The fourth-order valence-electron chi connectivity index (χ4n) is 3.37. The fraction of sp³-hybridized carbons (Fsp3) is 0.500. The third-order valence-corrected chi connectivity index (χ3v) is 4.70. The molecule has 0 heterocycles. The number of aliphatic carboxylic acids is 1. The van der Waals surface area contributed by atoms with Crippen molar-refractivity contribution in [3.05, 3.63) is 42.0 Å². The van der Waals surface area contributed by atoms with Crippen LogP contribution in [0.1, 0.15) is 50.5 Å². The predicted molar refractivity (Wildman–Crippen MR) is 93.4 cm³/mol. The zero-order chi connectivity index (χ0) is 17.4. The fourth-order valence-corrected chi connectivity index (χ4v) is 3.37. The number of aliphatic hydroxyl groups excluding tert-OH is 1. The van der Waals surface area contributed by atoms with Gasteiger partial charge in [0.25, 0.3) is 0 Å². The quantitative estimate of drug-likeness (QED) is 0.677. The molecule has 0 radical (unpaired) electrons. The molecule has 1 aromatic carbocycles. The molecule has 4 heteroatoms. The molecule has 1 saturated carbocycles. The van der Waals surface area contributed by atoms with Crippen molar-refractivity contribution in [2.45, 2.75) is 51.0 Å². The van der Waals surface area contributed by atoms with Crippen LogP contribution < -0.4 is 0 Å². The Morgan fingerprint density at radius 3 is 2.54 bits per heavy atom. The van der Waals surface area contributed by atoms with Gasteiger partial charge in [0.15, 0.2) is 0 Å². The molecule has 2 rings (SSSR count). The average molecular weight is 330 g/mol. The van der Waals surface area contributed by atoms with E-state index in [1.807, 2.05) is 42.5 Å². The van der Waals surface area contributed by atoms with Crippen molar-refractivity contribution in [1.82, 2.24) is 0 Å². The zero-order valence-electron chi connectivity index (χ0n) is 13.9. The number of carbonyl (C=O) groups excluding carboxylic acids is 1. The van der Waals surface area contributed by atoms with Crippen LogP contribution in [-0.4, -0.2) is 28.1 Å². The van der Waals surface area contributed by atoms with E-state index in [1.165, 1.54) is 0 Å². The van der Waals surface area contributed by atoms with Crippen LogP contribution in [0.3, 0.4) is 0 Å². The van der Waals surface area contributed by atoms with Gasteiger partial charge in [-0.3, -0.25) is 9.59 Å². The number of ketones is 1. The summed E-state index contributed by atoms with van der Waals surface area (Å²) in [6.45, 7) is 0. The lowest BCUT2D eigenvalue weighted by Gasteiger charge is -2.17. The second kappa shape index (κ2) is 9.38. The molecule has 24 heavy (non-hydrogen) atoms. The van der Waals surface area contributed by atoms with E-state index in [2.05, 4.69) is 0 Å². The number of hydrogen-bond acceptors (Lipinski definition) is 3. The van der Waals surface area contributed by atoms with Gasteiger partial charge in [-0.15, -0.1) is 0 Å². The van der Waals surface area contributed by atoms with Crippen LogP contribution in [0.5, 0.6) is 0 Å². The monoisotopic (exact) mass is 330 g/mol. The van der Waals surface area contributed by atoms with Crippen molar-refractivity contribution in [3.8, 4) is 0 Å². The Kier molecular flexibility index (Phi) is 7.19. The highest BCUT2D eigenvalue weighted by atomic mass is 16.4. The minimum absolute atomic E-state index is 0.112. The molecule has 3 unspecified atom stereocenters. The Labute approximate surface area is 143 Å². The molecule has 0 saturated heterocycles. The molecule has 1 fully saturated rings. The van der Waals surface area contributed by atoms with Gasteiger partial charge in [0, 0.05) is 24.7 Å². The van der Waals surface area contributed by atoms with Crippen molar-refractivity contribution in [1.29, 1.82) is 0 Å². The molecule has 4 nitrogen and oxygen atoms in total. The Morgan fingerprint density at radius 1 is 1.12 bits per heavy atom. The lowest BCUT2D eigenvalue weighted by Crippen LogP contribution is -2.18. The van der Waals surface area contributed by atoms with Crippen LogP contribution in [-0.2, 0) is 9.59 Å². The first-order chi connectivity index (χ1) is 11.6. The highest BCUT2D eigenvalue weighted by molar-refractivity contribution is 5.84. The highest BCUT2D eigenvalue weighted by Gasteiger charge is 2.39. The van der Waals surface area contributed by atoms with E-state index in [-0.39, 0.29) is 30.5 Å². The number of aliphatic hydroxyl groups is 1. The summed E-state index contributed by atoms with van der Waals surface area (Å²) >= 11 is 0. The van der Waals surface area contributed by atoms with Gasteiger partial charge >= 0.3 is 5.97 Å². The smallest absolute Gasteiger partial charge is 0.303 e. The predicted octanol–water partition coefficient (Wildman–Crippen LogP) is 3.69. The molecule has 1 aliphatic rings. The van der Waals surface area contributed by atoms with E-state index in [0.717, 1.165) is 31.2 Å².